The van der Waals surface area contributed by atoms with Crippen molar-refractivity contribution in [3.05, 3.63) is 29.3 Å². The van der Waals surface area contributed by atoms with E-state index in [1.165, 1.54) is 25.3 Å². The number of rotatable bonds is 1. The SMILES string of the molecule is [2H]C([2H])([2H])c1cc(OC)cc(C([2H])([2H])[2H])c1. The van der Waals surface area contributed by atoms with Crippen molar-refractivity contribution in [3.63, 3.8) is 0 Å². The van der Waals surface area contributed by atoms with Gasteiger partial charge in [0, 0.05) is 8.22 Å². The van der Waals surface area contributed by atoms with E-state index >= 15 is 0 Å². The predicted octanol–water partition coefficient (Wildman–Crippen LogP) is 2.31. The van der Waals surface area contributed by atoms with Gasteiger partial charge < -0.3 is 4.74 Å². The van der Waals surface area contributed by atoms with Crippen LogP contribution in [0.2, 0.25) is 0 Å². The topological polar surface area (TPSA) is 9.23 Å². The molecule has 0 fully saturated rings. The number of benzene rings is 1. The van der Waals surface area contributed by atoms with Crippen molar-refractivity contribution < 1.29 is 13.0 Å². The van der Waals surface area contributed by atoms with Crippen molar-refractivity contribution in [2.45, 2.75) is 13.7 Å². The van der Waals surface area contributed by atoms with Crippen LogP contribution in [-0.2, 0) is 0 Å². The molecule has 0 atom stereocenters. The summed E-state index contributed by atoms with van der Waals surface area (Å²) < 4.78 is 48.3. The van der Waals surface area contributed by atoms with Crippen LogP contribution in [0.1, 0.15) is 19.4 Å². The first-order valence-corrected chi connectivity index (χ1v) is 2.84. The molecule has 1 rings (SSSR count). The van der Waals surface area contributed by atoms with Crippen molar-refractivity contribution in [1.82, 2.24) is 0 Å². The summed E-state index contributed by atoms with van der Waals surface area (Å²) in [5, 5.41) is 0. The lowest BCUT2D eigenvalue weighted by Crippen LogP contribution is -1.84. The highest BCUT2D eigenvalue weighted by Gasteiger charge is 1.92. The highest BCUT2D eigenvalue weighted by molar-refractivity contribution is 5.32. The molecule has 0 unspecified atom stereocenters. The Hall–Kier alpha value is -0.980. The lowest BCUT2D eigenvalue weighted by Gasteiger charge is -2.01. The quantitative estimate of drug-likeness (QED) is 0.584. The zero-order valence-electron chi connectivity index (χ0n) is 11.6. The van der Waals surface area contributed by atoms with Crippen LogP contribution in [0.5, 0.6) is 5.75 Å². The second-order valence-corrected chi connectivity index (χ2v) is 1.95. The largest absolute Gasteiger partial charge is 0.497 e. The number of hydrogen-bond donors (Lipinski definition) is 0. The maximum absolute atomic E-state index is 7.24. The smallest absolute Gasteiger partial charge is 0.119 e. The van der Waals surface area contributed by atoms with Crippen molar-refractivity contribution in [2.24, 2.45) is 0 Å². The molecular formula is C9H12O. The van der Waals surface area contributed by atoms with E-state index in [2.05, 4.69) is 0 Å². The summed E-state index contributed by atoms with van der Waals surface area (Å²) in [7, 11) is 1.36. The fourth-order valence-corrected chi connectivity index (χ4v) is 0.717. The maximum Gasteiger partial charge on any atom is 0.119 e. The van der Waals surface area contributed by atoms with Crippen LogP contribution in [0.4, 0.5) is 0 Å². The summed E-state index contributed by atoms with van der Waals surface area (Å²) in [6.45, 7) is -4.68. The fourth-order valence-electron chi connectivity index (χ4n) is 0.717. The zero-order valence-corrected chi connectivity index (χ0v) is 5.64. The van der Waals surface area contributed by atoms with Gasteiger partial charge in [-0.2, -0.15) is 0 Å². The van der Waals surface area contributed by atoms with Crippen molar-refractivity contribution >= 4 is 0 Å². The van der Waals surface area contributed by atoms with Gasteiger partial charge in [-0.1, -0.05) is 6.07 Å². The molecule has 0 N–H and O–H groups in total. The molecular weight excluding hydrogens is 124 g/mol. The Balaban J connectivity index is 3.33. The molecule has 0 radical (unpaired) electrons. The Morgan fingerprint density at radius 3 is 2.20 bits per heavy atom. The Bertz CT molecular complexity index is 346. The third-order valence-electron chi connectivity index (χ3n) is 1.14. The Morgan fingerprint density at radius 2 is 1.80 bits per heavy atom. The summed E-state index contributed by atoms with van der Waals surface area (Å²) in [4.78, 5) is 0. The van der Waals surface area contributed by atoms with Gasteiger partial charge in [-0.25, -0.2) is 0 Å². The maximum atomic E-state index is 7.24. The predicted molar refractivity (Wildman–Crippen MR) is 42.5 cm³/mol. The molecule has 0 aliphatic rings. The van der Waals surface area contributed by atoms with Gasteiger partial charge in [0.15, 0.2) is 0 Å². The van der Waals surface area contributed by atoms with Gasteiger partial charge in [-0.15, -0.1) is 0 Å². The summed E-state index contributed by atoms with van der Waals surface area (Å²) in [6.07, 6.45) is 0. The van der Waals surface area contributed by atoms with E-state index in [1.54, 1.807) is 0 Å². The summed E-state index contributed by atoms with van der Waals surface area (Å²) in [6, 6.07) is 3.81. The number of aryl methyl sites for hydroxylation is 2. The van der Waals surface area contributed by atoms with Crippen LogP contribution < -0.4 is 4.74 Å². The van der Waals surface area contributed by atoms with Gasteiger partial charge >= 0.3 is 0 Å². The summed E-state index contributed by atoms with van der Waals surface area (Å²) >= 11 is 0. The molecule has 0 aromatic heterocycles. The normalized spacial score (nSPS) is 20.9. The molecule has 0 bridgehead atoms. The van der Waals surface area contributed by atoms with Crippen molar-refractivity contribution in [3.8, 4) is 5.75 Å². The minimum absolute atomic E-state index is 0.0297. The van der Waals surface area contributed by atoms with Crippen LogP contribution in [0.25, 0.3) is 0 Å². The van der Waals surface area contributed by atoms with Gasteiger partial charge in [0.05, 0.1) is 7.11 Å². The molecule has 0 saturated carbocycles. The van der Waals surface area contributed by atoms with Crippen LogP contribution in [0.3, 0.4) is 0 Å². The number of methoxy groups -OCH3 is 1. The van der Waals surface area contributed by atoms with E-state index in [0.717, 1.165) is 0 Å². The minimum Gasteiger partial charge on any atom is -0.497 e. The Labute approximate surface area is 70.1 Å². The van der Waals surface area contributed by atoms with E-state index in [4.69, 9.17) is 13.0 Å². The van der Waals surface area contributed by atoms with Crippen LogP contribution in [0, 0.1) is 13.7 Å². The van der Waals surface area contributed by atoms with Gasteiger partial charge in [-0.3, -0.25) is 0 Å². The number of ether oxygens (including phenoxy) is 1. The highest BCUT2D eigenvalue weighted by Crippen LogP contribution is 2.14. The van der Waals surface area contributed by atoms with Crippen LogP contribution in [0.15, 0.2) is 18.2 Å². The second kappa shape index (κ2) is 2.74. The summed E-state index contributed by atoms with van der Waals surface area (Å²) in [5.41, 5.74) is -0.0593. The lowest BCUT2D eigenvalue weighted by atomic mass is 10.1. The van der Waals surface area contributed by atoms with Crippen molar-refractivity contribution in [2.75, 3.05) is 7.11 Å². The third-order valence-corrected chi connectivity index (χ3v) is 1.14. The summed E-state index contributed by atoms with van der Waals surface area (Å²) in [5.74, 6) is 0.236. The standard InChI is InChI=1S/C9H12O/c1-7-4-8(2)6-9(5-7)10-3/h4-6H,1-3H3/i1D3,2D3. The average Bonchev–Trinajstić information content (AvgIpc) is 2.14. The van der Waals surface area contributed by atoms with E-state index in [9.17, 15) is 0 Å². The monoisotopic (exact) mass is 142 g/mol. The molecule has 0 saturated heterocycles. The molecule has 0 amide bonds. The first kappa shape index (κ1) is 2.57. The van der Waals surface area contributed by atoms with Gasteiger partial charge in [0.1, 0.15) is 5.75 Å². The van der Waals surface area contributed by atoms with Gasteiger partial charge in [0.2, 0.25) is 0 Å². The molecule has 1 aromatic carbocycles. The molecule has 10 heavy (non-hydrogen) atoms. The molecule has 1 nitrogen and oxygen atoms in total. The second-order valence-electron chi connectivity index (χ2n) is 1.95. The number of hydrogen-bond acceptors (Lipinski definition) is 1. The molecule has 1 aromatic rings. The highest BCUT2D eigenvalue weighted by atomic mass is 16.5. The van der Waals surface area contributed by atoms with E-state index in [0.29, 0.717) is 0 Å². The first-order valence-electron chi connectivity index (χ1n) is 5.84. The van der Waals surface area contributed by atoms with Crippen LogP contribution in [-0.4, -0.2) is 7.11 Å². The molecule has 0 heterocycles. The zero-order chi connectivity index (χ0) is 12.6. The molecule has 1 heteroatoms. The van der Waals surface area contributed by atoms with Gasteiger partial charge in [-0.05, 0) is 37.0 Å². The van der Waals surface area contributed by atoms with Crippen molar-refractivity contribution in [1.29, 1.82) is 0 Å². The Kier molecular flexibility index (Phi) is 0.703. The molecule has 0 aliphatic heterocycles. The van der Waals surface area contributed by atoms with E-state index in [1.807, 2.05) is 0 Å². The minimum atomic E-state index is -2.34. The first-order chi connectivity index (χ1) is 7.14. The molecule has 0 spiro atoms. The van der Waals surface area contributed by atoms with E-state index in [-0.39, 0.29) is 16.9 Å². The fraction of sp³-hybridized carbons (Fsp3) is 0.333. The van der Waals surface area contributed by atoms with Crippen LogP contribution >= 0.6 is 0 Å². The van der Waals surface area contributed by atoms with E-state index < -0.39 is 13.7 Å². The third kappa shape index (κ3) is 1.50. The molecule has 54 valence electrons. The average molecular weight is 142 g/mol. The molecule has 0 aliphatic carbocycles. The Morgan fingerprint density at radius 1 is 1.20 bits per heavy atom. The van der Waals surface area contributed by atoms with Gasteiger partial charge in [0.25, 0.3) is 0 Å². The lowest BCUT2D eigenvalue weighted by molar-refractivity contribution is 0.414.